The van der Waals surface area contributed by atoms with Crippen molar-refractivity contribution < 1.29 is 9.47 Å². The molecule has 1 fully saturated rings. The van der Waals surface area contributed by atoms with Crippen LogP contribution in [-0.4, -0.2) is 34.9 Å². The van der Waals surface area contributed by atoms with Gasteiger partial charge in [0.1, 0.15) is 13.2 Å². The second-order valence-corrected chi connectivity index (χ2v) is 7.22. The SMILES string of the molecule is c1cc(-c2cn[nH]c2)ccc1CN1CCC[C@@H]1c1ccc2c(c1)OCCO2. The third-order valence-corrected chi connectivity index (χ3v) is 5.49. The molecule has 5 heteroatoms. The van der Waals surface area contributed by atoms with E-state index in [1.165, 1.54) is 29.5 Å². The molecule has 5 rings (SSSR count). The molecule has 138 valence electrons. The maximum atomic E-state index is 5.77. The zero-order valence-electron chi connectivity index (χ0n) is 15.2. The van der Waals surface area contributed by atoms with Gasteiger partial charge in [-0.3, -0.25) is 10.00 Å². The van der Waals surface area contributed by atoms with Gasteiger partial charge in [-0.2, -0.15) is 5.10 Å². The van der Waals surface area contributed by atoms with Gasteiger partial charge in [0.05, 0.1) is 6.20 Å². The van der Waals surface area contributed by atoms with E-state index in [1.54, 1.807) is 0 Å². The summed E-state index contributed by atoms with van der Waals surface area (Å²) in [5, 5.41) is 6.90. The lowest BCUT2D eigenvalue weighted by Crippen LogP contribution is -2.23. The van der Waals surface area contributed by atoms with Gasteiger partial charge in [0.15, 0.2) is 11.5 Å². The number of aromatic amines is 1. The van der Waals surface area contributed by atoms with E-state index in [-0.39, 0.29) is 0 Å². The first-order valence-electron chi connectivity index (χ1n) is 9.58. The average molecular weight is 361 g/mol. The van der Waals surface area contributed by atoms with Crippen molar-refractivity contribution in [1.29, 1.82) is 0 Å². The number of aromatic nitrogens is 2. The first kappa shape index (κ1) is 16.4. The molecule has 27 heavy (non-hydrogen) atoms. The van der Waals surface area contributed by atoms with Gasteiger partial charge in [-0.15, -0.1) is 0 Å². The summed E-state index contributed by atoms with van der Waals surface area (Å²) in [7, 11) is 0. The highest BCUT2D eigenvalue weighted by Gasteiger charge is 2.27. The van der Waals surface area contributed by atoms with Crippen molar-refractivity contribution in [3.8, 4) is 22.6 Å². The predicted octanol–water partition coefficient (Wildman–Crippen LogP) is 4.19. The fourth-order valence-electron chi connectivity index (χ4n) is 4.11. The molecule has 0 bridgehead atoms. The molecule has 3 heterocycles. The molecule has 1 N–H and O–H groups in total. The Morgan fingerprint density at radius 3 is 2.67 bits per heavy atom. The predicted molar refractivity (Wildman–Crippen MR) is 104 cm³/mol. The van der Waals surface area contributed by atoms with Crippen molar-refractivity contribution in [2.45, 2.75) is 25.4 Å². The van der Waals surface area contributed by atoms with Gasteiger partial charge in [-0.25, -0.2) is 0 Å². The van der Waals surface area contributed by atoms with Crippen LogP contribution in [0.3, 0.4) is 0 Å². The zero-order valence-corrected chi connectivity index (χ0v) is 15.2. The highest BCUT2D eigenvalue weighted by Crippen LogP contribution is 2.38. The Morgan fingerprint density at radius 1 is 1.00 bits per heavy atom. The Hall–Kier alpha value is -2.79. The van der Waals surface area contributed by atoms with Gasteiger partial charge < -0.3 is 9.47 Å². The van der Waals surface area contributed by atoms with Crippen molar-refractivity contribution >= 4 is 0 Å². The second kappa shape index (κ2) is 7.08. The van der Waals surface area contributed by atoms with Crippen molar-refractivity contribution in [3.05, 3.63) is 66.0 Å². The molecule has 2 aromatic carbocycles. The van der Waals surface area contributed by atoms with E-state index in [4.69, 9.17) is 9.47 Å². The lowest BCUT2D eigenvalue weighted by molar-refractivity contribution is 0.170. The molecular weight excluding hydrogens is 338 g/mol. The van der Waals surface area contributed by atoms with Crippen LogP contribution in [0.5, 0.6) is 11.5 Å². The van der Waals surface area contributed by atoms with Crippen LogP contribution in [0, 0.1) is 0 Å². The summed E-state index contributed by atoms with van der Waals surface area (Å²) in [5.41, 5.74) is 4.98. The Balaban J connectivity index is 1.33. The van der Waals surface area contributed by atoms with Crippen LogP contribution < -0.4 is 9.47 Å². The highest BCUT2D eigenvalue weighted by atomic mass is 16.6. The maximum absolute atomic E-state index is 5.77. The lowest BCUT2D eigenvalue weighted by atomic mass is 10.0. The molecule has 0 saturated carbocycles. The van der Waals surface area contributed by atoms with Crippen LogP contribution in [0.15, 0.2) is 54.9 Å². The quantitative estimate of drug-likeness (QED) is 0.757. The van der Waals surface area contributed by atoms with E-state index < -0.39 is 0 Å². The minimum Gasteiger partial charge on any atom is -0.486 e. The average Bonchev–Trinajstić information content (AvgIpc) is 3.40. The number of rotatable bonds is 4. The number of nitrogens with zero attached hydrogens (tertiary/aromatic N) is 2. The van der Waals surface area contributed by atoms with Crippen molar-refractivity contribution in [1.82, 2.24) is 15.1 Å². The molecule has 2 aliphatic heterocycles. The number of likely N-dealkylation sites (tertiary alicyclic amines) is 1. The minimum atomic E-state index is 0.439. The largest absolute Gasteiger partial charge is 0.486 e. The molecule has 0 radical (unpaired) electrons. The van der Waals surface area contributed by atoms with E-state index in [0.717, 1.165) is 30.2 Å². The first-order chi connectivity index (χ1) is 13.4. The van der Waals surface area contributed by atoms with Crippen LogP contribution in [0.1, 0.15) is 30.0 Å². The van der Waals surface area contributed by atoms with E-state index in [9.17, 15) is 0 Å². The molecule has 0 unspecified atom stereocenters. The van der Waals surface area contributed by atoms with Crippen LogP contribution in [-0.2, 0) is 6.54 Å². The standard InChI is InChI=1S/C22H23N3O2/c1-2-20(18-7-8-21-22(12-18)27-11-10-26-21)25(9-1)15-16-3-5-17(6-4-16)19-13-23-24-14-19/h3-8,12-14,20H,1-2,9-11,15H2,(H,23,24)/t20-/m1/s1. The van der Waals surface area contributed by atoms with Crippen LogP contribution in [0.2, 0.25) is 0 Å². The van der Waals surface area contributed by atoms with Gasteiger partial charge >= 0.3 is 0 Å². The summed E-state index contributed by atoms with van der Waals surface area (Å²) in [4.78, 5) is 2.57. The lowest BCUT2D eigenvalue weighted by Gasteiger charge is -2.26. The summed E-state index contributed by atoms with van der Waals surface area (Å²) >= 11 is 0. The number of H-pyrrole nitrogens is 1. The summed E-state index contributed by atoms with van der Waals surface area (Å²) < 4.78 is 11.4. The van der Waals surface area contributed by atoms with E-state index in [0.29, 0.717) is 19.3 Å². The van der Waals surface area contributed by atoms with Gasteiger partial charge in [0, 0.05) is 24.3 Å². The summed E-state index contributed by atoms with van der Waals surface area (Å²) in [6.45, 7) is 3.36. The number of benzene rings is 2. The number of hydrogen-bond acceptors (Lipinski definition) is 4. The van der Waals surface area contributed by atoms with E-state index in [2.05, 4.69) is 57.6 Å². The molecule has 0 spiro atoms. The van der Waals surface area contributed by atoms with Crippen molar-refractivity contribution in [2.24, 2.45) is 0 Å². The highest BCUT2D eigenvalue weighted by molar-refractivity contribution is 5.61. The number of nitrogens with one attached hydrogen (secondary N) is 1. The molecule has 1 saturated heterocycles. The van der Waals surface area contributed by atoms with Gasteiger partial charge in [0.25, 0.3) is 0 Å². The Bertz CT molecular complexity index is 906. The third kappa shape index (κ3) is 3.30. The fraction of sp³-hybridized carbons (Fsp3) is 0.318. The molecule has 2 aliphatic rings. The fourth-order valence-corrected chi connectivity index (χ4v) is 4.11. The van der Waals surface area contributed by atoms with Crippen molar-refractivity contribution in [2.75, 3.05) is 19.8 Å². The van der Waals surface area contributed by atoms with Gasteiger partial charge in [0.2, 0.25) is 0 Å². The van der Waals surface area contributed by atoms with Crippen LogP contribution in [0.25, 0.3) is 11.1 Å². The summed E-state index contributed by atoms with van der Waals surface area (Å²) in [5.74, 6) is 1.75. The molecule has 1 aromatic heterocycles. The normalized spacial score (nSPS) is 19.3. The molecular formula is C22H23N3O2. The second-order valence-electron chi connectivity index (χ2n) is 7.22. The van der Waals surface area contributed by atoms with E-state index in [1.807, 2.05) is 12.4 Å². The number of hydrogen-bond donors (Lipinski definition) is 1. The first-order valence-corrected chi connectivity index (χ1v) is 9.58. The molecule has 0 aliphatic carbocycles. The summed E-state index contributed by atoms with van der Waals surface area (Å²) in [6.07, 6.45) is 6.19. The molecule has 1 atom stereocenters. The van der Waals surface area contributed by atoms with Gasteiger partial charge in [-0.05, 0) is 48.2 Å². The third-order valence-electron chi connectivity index (χ3n) is 5.49. The topological polar surface area (TPSA) is 50.4 Å². The summed E-state index contributed by atoms with van der Waals surface area (Å²) in [6, 6.07) is 15.7. The van der Waals surface area contributed by atoms with E-state index >= 15 is 0 Å². The zero-order chi connectivity index (χ0) is 18.1. The number of fused-ring (bicyclic) bond motifs is 1. The van der Waals surface area contributed by atoms with Crippen LogP contribution in [0.4, 0.5) is 0 Å². The monoisotopic (exact) mass is 361 g/mol. The maximum Gasteiger partial charge on any atom is 0.161 e. The Morgan fingerprint density at radius 2 is 1.85 bits per heavy atom. The Kier molecular flexibility index (Phi) is 4.30. The van der Waals surface area contributed by atoms with Crippen LogP contribution >= 0.6 is 0 Å². The smallest absolute Gasteiger partial charge is 0.161 e. The minimum absolute atomic E-state index is 0.439. The van der Waals surface area contributed by atoms with Gasteiger partial charge in [-0.1, -0.05) is 30.3 Å². The molecule has 0 amide bonds. The number of ether oxygens (including phenoxy) is 2. The van der Waals surface area contributed by atoms with Crippen molar-refractivity contribution in [3.63, 3.8) is 0 Å². The Labute approximate surface area is 158 Å². The molecule has 5 nitrogen and oxygen atoms in total. The molecule has 3 aromatic rings.